The molecule has 9 nitrogen and oxygen atoms in total. The fourth-order valence-electron chi connectivity index (χ4n) is 5.26. The van der Waals surface area contributed by atoms with Crippen LogP contribution in [0.25, 0.3) is 21.5 Å². The molecule has 0 aliphatic carbocycles. The van der Waals surface area contributed by atoms with Crippen molar-refractivity contribution in [2.75, 3.05) is 25.1 Å². The molecule has 5 aromatic rings. The highest BCUT2D eigenvalue weighted by molar-refractivity contribution is 6.09. The first-order valence-corrected chi connectivity index (χ1v) is 16.9. The summed E-state index contributed by atoms with van der Waals surface area (Å²) in [5, 5.41) is 9.25. The molecule has 0 fully saturated rings. The number of carbonyl (C=O) groups is 3. The zero-order valence-electron chi connectivity index (χ0n) is 29.3. The summed E-state index contributed by atoms with van der Waals surface area (Å²) in [5.74, 6) is -0.00701. The van der Waals surface area contributed by atoms with Crippen LogP contribution >= 0.6 is 0 Å². The number of unbranched alkanes of at least 4 members (excludes halogenated alkanes) is 1. The van der Waals surface area contributed by atoms with Gasteiger partial charge in [0.15, 0.2) is 5.75 Å². The van der Waals surface area contributed by atoms with E-state index in [1.807, 2.05) is 73.7 Å². The van der Waals surface area contributed by atoms with Gasteiger partial charge in [0.05, 0.1) is 24.5 Å². The summed E-state index contributed by atoms with van der Waals surface area (Å²) in [4.78, 5) is 39.7. The number of esters is 1. The Bertz CT molecular complexity index is 2000. The lowest BCUT2D eigenvalue weighted by Crippen LogP contribution is -2.33. The van der Waals surface area contributed by atoms with Gasteiger partial charge in [0.2, 0.25) is 0 Å². The molecule has 0 atom stereocenters. The molecule has 0 radical (unpaired) electrons. The quantitative estimate of drug-likeness (QED) is 0.0726. The standard InChI is InChI=1S/C41H44N2O7/c1-6-7-20-47-36-26-31-16-11-9-14-29(31)24-33(36)39(45)49-37-22-27(2)17-18-34(37)43-38(44)32-23-28-13-8-10-15-30(28)25-35(32)48-21-12-19-42-40(46)50-41(3,4)5/h8-11,13-18,22-26H,6-7,12,19-21H2,1-5H3,(H,42,46)(H,43,44). The van der Waals surface area contributed by atoms with Gasteiger partial charge < -0.3 is 29.6 Å². The van der Waals surface area contributed by atoms with Crippen molar-refractivity contribution in [3.8, 4) is 17.2 Å². The van der Waals surface area contributed by atoms with Crippen molar-refractivity contribution in [3.63, 3.8) is 0 Å². The average Bonchev–Trinajstić information content (AvgIpc) is 3.07. The SMILES string of the molecule is CCCCOc1cc2ccccc2cc1C(=O)Oc1cc(C)ccc1NC(=O)c1cc2ccccc2cc1OCCCNC(=O)OC(C)(C)C. The minimum Gasteiger partial charge on any atom is -0.493 e. The molecule has 0 spiro atoms. The fourth-order valence-corrected chi connectivity index (χ4v) is 5.26. The summed E-state index contributed by atoms with van der Waals surface area (Å²) in [5.41, 5.74) is 1.18. The lowest BCUT2D eigenvalue weighted by Gasteiger charge is -2.19. The highest BCUT2D eigenvalue weighted by Gasteiger charge is 2.21. The Morgan fingerprint density at radius 1 is 0.680 bits per heavy atom. The van der Waals surface area contributed by atoms with E-state index in [9.17, 15) is 14.4 Å². The molecule has 2 N–H and O–H groups in total. The first kappa shape index (κ1) is 35.7. The van der Waals surface area contributed by atoms with Crippen LogP contribution in [0.15, 0.2) is 91.0 Å². The van der Waals surface area contributed by atoms with Crippen LogP contribution in [-0.2, 0) is 4.74 Å². The van der Waals surface area contributed by atoms with E-state index >= 15 is 0 Å². The van der Waals surface area contributed by atoms with Crippen LogP contribution in [0.1, 0.15) is 73.2 Å². The number of hydrogen-bond acceptors (Lipinski definition) is 7. The van der Waals surface area contributed by atoms with Gasteiger partial charge in [0, 0.05) is 6.54 Å². The summed E-state index contributed by atoms with van der Waals surface area (Å²) in [6.07, 6.45) is 1.79. The molecule has 0 heterocycles. The number of amides is 2. The molecule has 0 saturated heterocycles. The molecule has 0 aliphatic heterocycles. The molecule has 0 aliphatic rings. The Morgan fingerprint density at radius 3 is 1.84 bits per heavy atom. The molecule has 0 bridgehead atoms. The molecule has 50 heavy (non-hydrogen) atoms. The van der Waals surface area contributed by atoms with E-state index in [4.69, 9.17) is 18.9 Å². The van der Waals surface area contributed by atoms with Crippen LogP contribution in [-0.4, -0.2) is 43.3 Å². The van der Waals surface area contributed by atoms with Crippen molar-refractivity contribution in [2.24, 2.45) is 0 Å². The van der Waals surface area contributed by atoms with Gasteiger partial charge in [-0.25, -0.2) is 9.59 Å². The molecule has 0 unspecified atom stereocenters. The lowest BCUT2D eigenvalue weighted by atomic mass is 10.0. The van der Waals surface area contributed by atoms with Crippen molar-refractivity contribution >= 4 is 45.2 Å². The van der Waals surface area contributed by atoms with Gasteiger partial charge in [-0.3, -0.25) is 4.79 Å². The Hall–Kier alpha value is -5.57. The fraction of sp³-hybridized carbons (Fsp3) is 0.293. The maximum absolute atomic E-state index is 13.9. The monoisotopic (exact) mass is 676 g/mol. The Balaban J connectivity index is 1.36. The van der Waals surface area contributed by atoms with Crippen LogP contribution in [0.5, 0.6) is 17.2 Å². The van der Waals surface area contributed by atoms with Gasteiger partial charge in [0.25, 0.3) is 5.91 Å². The maximum Gasteiger partial charge on any atom is 0.407 e. The Kier molecular flexibility index (Phi) is 11.6. The molecule has 2 amide bonds. The van der Waals surface area contributed by atoms with E-state index in [-0.39, 0.29) is 12.4 Å². The number of alkyl carbamates (subject to hydrolysis) is 1. The maximum atomic E-state index is 13.9. The third kappa shape index (κ3) is 9.53. The van der Waals surface area contributed by atoms with Crippen LogP contribution in [0.3, 0.4) is 0 Å². The number of ether oxygens (including phenoxy) is 4. The Morgan fingerprint density at radius 2 is 1.24 bits per heavy atom. The number of hydrogen-bond donors (Lipinski definition) is 2. The van der Waals surface area contributed by atoms with Gasteiger partial charge in [-0.05, 0) is 104 Å². The third-order valence-electron chi connectivity index (χ3n) is 7.75. The van der Waals surface area contributed by atoms with Gasteiger partial charge in [-0.15, -0.1) is 0 Å². The Labute approximate surface area is 292 Å². The van der Waals surface area contributed by atoms with Crippen LogP contribution in [0, 0.1) is 6.92 Å². The number of benzene rings is 5. The van der Waals surface area contributed by atoms with Crippen molar-refractivity contribution in [1.82, 2.24) is 5.32 Å². The topological polar surface area (TPSA) is 112 Å². The van der Waals surface area contributed by atoms with E-state index in [1.165, 1.54) is 0 Å². The second kappa shape index (κ2) is 16.2. The molecular weight excluding hydrogens is 632 g/mol. The van der Waals surface area contributed by atoms with Crippen LogP contribution < -0.4 is 24.8 Å². The predicted octanol–water partition coefficient (Wildman–Crippen LogP) is 9.25. The van der Waals surface area contributed by atoms with Gasteiger partial charge in [-0.1, -0.05) is 67.9 Å². The molecule has 5 aromatic carbocycles. The van der Waals surface area contributed by atoms with Gasteiger partial charge in [-0.2, -0.15) is 0 Å². The van der Waals surface area contributed by atoms with E-state index < -0.39 is 23.6 Å². The first-order valence-electron chi connectivity index (χ1n) is 16.9. The number of rotatable bonds is 13. The minimum atomic E-state index is -0.599. The number of nitrogens with one attached hydrogen (secondary N) is 2. The molecule has 0 saturated carbocycles. The van der Waals surface area contributed by atoms with E-state index in [1.54, 1.807) is 45.0 Å². The number of aryl methyl sites for hydroxylation is 1. The lowest BCUT2D eigenvalue weighted by molar-refractivity contribution is 0.0525. The highest BCUT2D eigenvalue weighted by Crippen LogP contribution is 2.33. The summed E-state index contributed by atoms with van der Waals surface area (Å²) >= 11 is 0. The van der Waals surface area contributed by atoms with Crippen LogP contribution in [0.2, 0.25) is 0 Å². The predicted molar refractivity (Wildman–Crippen MR) is 197 cm³/mol. The van der Waals surface area contributed by atoms with Crippen molar-refractivity contribution in [3.05, 3.63) is 108 Å². The molecule has 9 heteroatoms. The minimum absolute atomic E-state index is 0.201. The van der Waals surface area contributed by atoms with Crippen molar-refractivity contribution in [2.45, 2.75) is 59.5 Å². The smallest absolute Gasteiger partial charge is 0.407 e. The van der Waals surface area contributed by atoms with Gasteiger partial charge >= 0.3 is 12.1 Å². The molecular formula is C41H44N2O7. The van der Waals surface area contributed by atoms with Crippen molar-refractivity contribution in [1.29, 1.82) is 0 Å². The van der Waals surface area contributed by atoms with E-state index in [2.05, 4.69) is 17.6 Å². The third-order valence-corrected chi connectivity index (χ3v) is 7.75. The van der Waals surface area contributed by atoms with E-state index in [0.29, 0.717) is 47.9 Å². The number of anilines is 1. The first-order chi connectivity index (χ1) is 24.0. The normalized spacial score (nSPS) is 11.2. The van der Waals surface area contributed by atoms with Crippen molar-refractivity contribution < 1.29 is 33.3 Å². The number of fused-ring (bicyclic) bond motifs is 2. The molecule has 260 valence electrons. The van der Waals surface area contributed by atoms with Gasteiger partial charge in [0.1, 0.15) is 22.7 Å². The molecule has 0 aromatic heterocycles. The average molecular weight is 677 g/mol. The number of carbonyl (C=O) groups excluding carboxylic acids is 3. The zero-order valence-corrected chi connectivity index (χ0v) is 29.3. The summed E-state index contributed by atoms with van der Waals surface area (Å²) in [6, 6.07) is 27.9. The van der Waals surface area contributed by atoms with E-state index in [0.717, 1.165) is 39.9 Å². The second-order valence-electron chi connectivity index (χ2n) is 13.1. The largest absolute Gasteiger partial charge is 0.493 e. The zero-order chi connectivity index (χ0) is 35.7. The summed E-state index contributed by atoms with van der Waals surface area (Å²) in [7, 11) is 0. The molecule has 5 rings (SSSR count). The highest BCUT2D eigenvalue weighted by atomic mass is 16.6. The van der Waals surface area contributed by atoms with Crippen LogP contribution in [0.4, 0.5) is 10.5 Å². The second-order valence-corrected chi connectivity index (χ2v) is 13.1. The summed E-state index contributed by atoms with van der Waals surface area (Å²) in [6.45, 7) is 10.4. The summed E-state index contributed by atoms with van der Waals surface area (Å²) < 4.78 is 23.4.